The van der Waals surface area contributed by atoms with Gasteiger partial charge in [-0.15, -0.1) is 0 Å². The van der Waals surface area contributed by atoms with Crippen molar-refractivity contribution in [1.82, 2.24) is 10.6 Å². The van der Waals surface area contributed by atoms with Crippen LogP contribution in [0.5, 0.6) is 0 Å². The van der Waals surface area contributed by atoms with Gasteiger partial charge in [0.1, 0.15) is 0 Å². The molecule has 2 aromatic carbocycles. The van der Waals surface area contributed by atoms with Crippen LogP contribution in [0.3, 0.4) is 0 Å². The van der Waals surface area contributed by atoms with E-state index in [1.807, 2.05) is 30.3 Å². The second-order valence-electron chi connectivity index (χ2n) is 6.96. The molecule has 0 fully saturated rings. The van der Waals surface area contributed by atoms with Crippen LogP contribution in [-0.4, -0.2) is 18.4 Å². The fourth-order valence-corrected chi connectivity index (χ4v) is 3.74. The average molecular weight is 350 g/mol. The number of fused-ring (bicyclic) bond motifs is 1. The number of amides is 2. The van der Waals surface area contributed by atoms with Crippen molar-refractivity contribution in [2.45, 2.75) is 44.6 Å². The summed E-state index contributed by atoms with van der Waals surface area (Å²) in [5.74, 6) is 0.211. The van der Waals surface area contributed by atoms with Crippen molar-refractivity contribution in [2.75, 3.05) is 6.54 Å². The number of carbonyl (C=O) groups excluding carboxylic acids is 2. The molecule has 0 radical (unpaired) electrons. The summed E-state index contributed by atoms with van der Waals surface area (Å²) in [7, 11) is 0. The Kier molecular flexibility index (Phi) is 6.05. The maximum atomic E-state index is 12.5. The largest absolute Gasteiger partial charge is 0.355 e. The Balaban J connectivity index is 1.60. The molecule has 0 heterocycles. The van der Waals surface area contributed by atoms with Gasteiger partial charge in [-0.1, -0.05) is 54.6 Å². The Morgan fingerprint density at radius 1 is 1.08 bits per heavy atom. The summed E-state index contributed by atoms with van der Waals surface area (Å²) in [6.45, 7) is 2.13. The molecule has 1 aliphatic rings. The molecular weight excluding hydrogens is 324 g/mol. The second kappa shape index (κ2) is 8.65. The smallest absolute Gasteiger partial charge is 0.222 e. The summed E-state index contributed by atoms with van der Waals surface area (Å²) in [6, 6.07) is 17.8. The van der Waals surface area contributed by atoms with Crippen LogP contribution in [0.4, 0.5) is 0 Å². The standard InChI is InChI=1S/C22H26N2O2/c1-16(25)24-21(18-9-3-2-4-10-18)14-22(26)23-15-19-12-7-11-17-8-5-6-13-20(17)19/h2-6,8-10,13,19,21H,7,11-12,14-15H2,1H3,(H,23,26)(H,24,25). The molecule has 0 bridgehead atoms. The lowest BCUT2D eigenvalue weighted by atomic mass is 9.83. The zero-order valence-corrected chi connectivity index (χ0v) is 15.2. The highest BCUT2D eigenvalue weighted by Gasteiger charge is 2.21. The number of rotatable bonds is 6. The predicted molar refractivity (Wildman–Crippen MR) is 103 cm³/mol. The molecule has 2 N–H and O–H groups in total. The van der Waals surface area contributed by atoms with Gasteiger partial charge in [-0.25, -0.2) is 0 Å². The highest BCUT2D eigenvalue weighted by Crippen LogP contribution is 2.30. The summed E-state index contributed by atoms with van der Waals surface area (Å²) in [5.41, 5.74) is 3.71. The quantitative estimate of drug-likeness (QED) is 0.838. The van der Waals surface area contributed by atoms with Crippen molar-refractivity contribution in [3.05, 3.63) is 71.3 Å². The Hall–Kier alpha value is -2.62. The lowest BCUT2D eigenvalue weighted by molar-refractivity contribution is -0.122. The van der Waals surface area contributed by atoms with E-state index < -0.39 is 0 Å². The molecule has 26 heavy (non-hydrogen) atoms. The third-order valence-corrected chi connectivity index (χ3v) is 5.01. The van der Waals surface area contributed by atoms with Gasteiger partial charge in [0.05, 0.1) is 12.5 Å². The van der Waals surface area contributed by atoms with Crippen LogP contribution >= 0.6 is 0 Å². The molecule has 4 nitrogen and oxygen atoms in total. The van der Waals surface area contributed by atoms with Crippen molar-refractivity contribution in [3.8, 4) is 0 Å². The molecule has 2 aromatic rings. The molecule has 2 amide bonds. The van der Waals surface area contributed by atoms with Gasteiger partial charge in [0.2, 0.25) is 11.8 Å². The lowest BCUT2D eigenvalue weighted by Gasteiger charge is -2.26. The van der Waals surface area contributed by atoms with Crippen LogP contribution in [0.2, 0.25) is 0 Å². The van der Waals surface area contributed by atoms with Crippen molar-refractivity contribution in [1.29, 1.82) is 0 Å². The van der Waals surface area contributed by atoms with Crippen LogP contribution in [0.25, 0.3) is 0 Å². The first-order chi connectivity index (χ1) is 12.6. The molecule has 2 atom stereocenters. The molecule has 0 aromatic heterocycles. The predicted octanol–water partition coefficient (Wildman–Crippen LogP) is 3.49. The Labute approximate surface area is 155 Å². The average Bonchev–Trinajstić information content (AvgIpc) is 2.66. The fourth-order valence-electron chi connectivity index (χ4n) is 3.74. The normalized spacial score (nSPS) is 17.0. The van der Waals surface area contributed by atoms with Crippen LogP contribution in [-0.2, 0) is 16.0 Å². The molecular formula is C22H26N2O2. The fraction of sp³-hybridized carbons (Fsp3) is 0.364. The second-order valence-corrected chi connectivity index (χ2v) is 6.96. The molecule has 3 rings (SSSR count). The van der Waals surface area contributed by atoms with E-state index in [1.54, 1.807) is 0 Å². The minimum atomic E-state index is -0.299. The van der Waals surface area contributed by atoms with Gasteiger partial charge in [-0.05, 0) is 36.0 Å². The molecule has 4 heteroatoms. The van der Waals surface area contributed by atoms with E-state index in [1.165, 1.54) is 18.1 Å². The molecule has 0 spiro atoms. The maximum absolute atomic E-state index is 12.5. The number of nitrogens with one attached hydrogen (secondary N) is 2. The summed E-state index contributed by atoms with van der Waals surface area (Å²) >= 11 is 0. The zero-order chi connectivity index (χ0) is 18.4. The molecule has 2 unspecified atom stereocenters. The molecule has 1 aliphatic carbocycles. The first-order valence-corrected chi connectivity index (χ1v) is 9.30. The molecule has 136 valence electrons. The Bertz CT molecular complexity index is 758. The van der Waals surface area contributed by atoms with E-state index in [0.717, 1.165) is 24.8 Å². The van der Waals surface area contributed by atoms with Crippen LogP contribution in [0.15, 0.2) is 54.6 Å². The van der Waals surface area contributed by atoms with E-state index in [0.29, 0.717) is 12.5 Å². The third-order valence-electron chi connectivity index (χ3n) is 5.01. The van der Waals surface area contributed by atoms with Crippen molar-refractivity contribution in [3.63, 3.8) is 0 Å². The maximum Gasteiger partial charge on any atom is 0.222 e. The summed E-state index contributed by atoms with van der Waals surface area (Å²) < 4.78 is 0. The van der Waals surface area contributed by atoms with Crippen LogP contribution in [0, 0.1) is 0 Å². The van der Waals surface area contributed by atoms with Gasteiger partial charge in [-0.3, -0.25) is 9.59 Å². The van der Waals surface area contributed by atoms with E-state index >= 15 is 0 Å². The Morgan fingerprint density at radius 3 is 2.58 bits per heavy atom. The number of hydrogen-bond donors (Lipinski definition) is 2. The van der Waals surface area contributed by atoms with Gasteiger partial charge < -0.3 is 10.6 Å². The molecule has 0 saturated heterocycles. The highest BCUT2D eigenvalue weighted by atomic mass is 16.2. The van der Waals surface area contributed by atoms with E-state index in [4.69, 9.17) is 0 Å². The van der Waals surface area contributed by atoms with Gasteiger partial charge >= 0.3 is 0 Å². The minimum absolute atomic E-state index is 0.0318. The third kappa shape index (κ3) is 4.72. The lowest BCUT2D eigenvalue weighted by Crippen LogP contribution is -2.34. The van der Waals surface area contributed by atoms with Crippen LogP contribution < -0.4 is 10.6 Å². The van der Waals surface area contributed by atoms with Crippen molar-refractivity contribution in [2.24, 2.45) is 0 Å². The highest BCUT2D eigenvalue weighted by molar-refractivity contribution is 5.79. The van der Waals surface area contributed by atoms with E-state index in [-0.39, 0.29) is 24.3 Å². The topological polar surface area (TPSA) is 58.2 Å². The number of hydrogen-bond acceptors (Lipinski definition) is 2. The first kappa shape index (κ1) is 18.2. The van der Waals surface area contributed by atoms with Gasteiger partial charge in [0.25, 0.3) is 0 Å². The Morgan fingerprint density at radius 2 is 1.81 bits per heavy atom. The summed E-state index contributed by atoms with van der Waals surface area (Å²) in [5, 5.41) is 5.96. The van der Waals surface area contributed by atoms with E-state index in [2.05, 4.69) is 34.9 Å². The summed E-state index contributed by atoms with van der Waals surface area (Å²) in [6.07, 6.45) is 3.64. The van der Waals surface area contributed by atoms with E-state index in [9.17, 15) is 9.59 Å². The van der Waals surface area contributed by atoms with Crippen molar-refractivity contribution < 1.29 is 9.59 Å². The minimum Gasteiger partial charge on any atom is -0.355 e. The summed E-state index contributed by atoms with van der Waals surface area (Å²) in [4.78, 5) is 24.0. The molecule has 0 aliphatic heterocycles. The van der Waals surface area contributed by atoms with Gasteiger partial charge in [-0.2, -0.15) is 0 Å². The van der Waals surface area contributed by atoms with Gasteiger partial charge in [0.15, 0.2) is 0 Å². The number of benzene rings is 2. The van der Waals surface area contributed by atoms with Crippen LogP contribution in [0.1, 0.15) is 54.8 Å². The zero-order valence-electron chi connectivity index (χ0n) is 15.2. The first-order valence-electron chi connectivity index (χ1n) is 9.30. The SMILES string of the molecule is CC(=O)NC(CC(=O)NCC1CCCc2ccccc21)c1ccccc1. The number of carbonyl (C=O) groups is 2. The number of aryl methyl sites for hydroxylation is 1. The van der Waals surface area contributed by atoms with Gasteiger partial charge in [0, 0.05) is 19.4 Å². The monoisotopic (exact) mass is 350 g/mol. The molecule has 0 saturated carbocycles. The van der Waals surface area contributed by atoms with Crippen molar-refractivity contribution >= 4 is 11.8 Å².